The zero-order valence-corrected chi connectivity index (χ0v) is 16.8. The molecule has 30 heavy (non-hydrogen) atoms. The van der Waals surface area contributed by atoms with E-state index in [1.54, 1.807) is 65.5 Å². The molecule has 5 nitrogen and oxygen atoms in total. The maximum absolute atomic E-state index is 14.3. The van der Waals surface area contributed by atoms with Gasteiger partial charge in [-0.05, 0) is 53.6 Å². The van der Waals surface area contributed by atoms with Gasteiger partial charge in [-0.25, -0.2) is 9.37 Å². The largest absolute Gasteiger partial charge is 0.348 e. The molecule has 1 amide bonds. The molecule has 0 saturated heterocycles. The Labute approximate surface area is 178 Å². The lowest BCUT2D eigenvalue weighted by Gasteiger charge is -2.09. The predicted octanol–water partition coefficient (Wildman–Crippen LogP) is 4.63. The maximum Gasteiger partial charge on any atom is 0.251 e. The standard InChI is InChI=1S/C23H19FN4OS/c24-21-12-17(3-8-22(21)28-11-10-26-16-28)14-27-23(29)19-4-6-20(7-5-19)30-15-18-2-1-9-25-13-18/h1-13,16H,14-15H2,(H,27,29). The Hall–Kier alpha value is -3.45. The third-order valence-corrected chi connectivity index (χ3v) is 5.58. The molecule has 0 unspecified atom stereocenters. The van der Waals surface area contributed by atoms with Crippen LogP contribution in [0.4, 0.5) is 4.39 Å². The van der Waals surface area contributed by atoms with Gasteiger partial charge in [-0.3, -0.25) is 9.78 Å². The van der Waals surface area contributed by atoms with Crippen LogP contribution < -0.4 is 5.32 Å². The molecule has 150 valence electrons. The van der Waals surface area contributed by atoms with Gasteiger partial charge in [-0.15, -0.1) is 11.8 Å². The second-order valence-corrected chi connectivity index (χ2v) is 7.66. The molecule has 0 bridgehead atoms. The van der Waals surface area contributed by atoms with E-state index < -0.39 is 0 Å². The number of amides is 1. The summed E-state index contributed by atoms with van der Waals surface area (Å²) in [6, 6.07) is 16.3. The van der Waals surface area contributed by atoms with Crippen molar-refractivity contribution in [2.75, 3.05) is 0 Å². The van der Waals surface area contributed by atoms with Crippen LogP contribution in [-0.4, -0.2) is 20.4 Å². The highest BCUT2D eigenvalue weighted by Gasteiger charge is 2.08. The predicted molar refractivity (Wildman–Crippen MR) is 115 cm³/mol. The van der Waals surface area contributed by atoms with Gasteiger partial charge in [-0.2, -0.15) is 0 Å². The second kappa shape index (κ2) is 9.37. The number of rotatable bonds is 7. The molecule has 7 heteroatoms. The molecule has 2 aromatic carbocycles. The van der Waals surface area contributed by atoms with Crippen LogP contribution in [0.5, 0.6) is 0 Å². The average Bonchev–Trinajstić information content (AvgIpc) is 3.32. The molecule has 0 aliphatic rings. The minimum atomic E-state index is -0.366. The van der Waals surface area contributed by atoms with Crippen LogP contribution in [0.25, 0.3) is 5.69 Å². The number of hydrogen-bond donors (Lipinski definition) is 1. The van der Waals surface area contributed by atoms with Crippen LogP contribution in [0.15, 0.2) is 90.6 Å². The fourth-order valence-corrected chi connectivity index (χ4v) is 3.74. The Morgan fingerprint density at radius 3 is 2.60 bits per heavy atom. The molecule has 0 fully saturated rings. The molecule has 4 aromatic rings. The lowest BCUT2D eigenvalue weighted by molar-refractivity contribution is 0.0951. The number of halogens is 1. The summed E-state index contributed by atoms with van der Waals surface area (Å²) in [7, 11) is 0. The highest BCUT2D eigenvalue weighted by atomic mass is 32.2. The summed E-state index contributed by atoms with van der Waals surface area (Å²) in [4.78, 5) is 21.5. The molecule has 2 heterocycles. The molecule has 0 spiro atoms. The van der Waals surface area contributed by atoms with Crippen molar-refractivity contribution in [2.24, 2.45) is 0 Å². The molecule has 1 N–H and O–H groups in total. The highest BCUT2D eigenvalue weighted by molar-refractivity contribution is 7.98. The summed E-state index contributed by atoms with van der Waals surface area (Å²) in [6.45, 7) is 0.247. The van der Waals surface area contributed by atoms with E-state index in [2.05, 4.69) is 15.3 Å². The topological polar surface area (TPSA) is 59.8 Å². The fourth-order valence-electron chi connectivity index (χ4n) is 2.91. The number of pyridine rings is 1. The number of aromatic nitrogens is 3. The third kappa shape index (κ3) is 4.93. The SMILES string of the molecule is O=C(NCc1ccc(-n2ccnc2)c(F)c1)c1ccc(SCc2cccnc2)cc1. The Kier molecular flexibility index (Phi) is 6.20. The molecule has 0 aliphatic heterocycles. The van der Waals surface area contributed by atoms with E-state index in [1.807, 2.05) is 30.5 Å². The van der Waals surface area contributed by atoms with Crippen molar-refractivity contribution in [3.63, 3.8) is 0 Å². The van der Waals surface area contributed by atoms with Crippen molar-refractivity contribution >= 4 is 17.7 Å². The Morgan fingerprint density at radius 2 is 1.90 bits per heavy atom. The molecule has 0 saturated carbocycles. The number of imidazole rings is 1. The smallest absolute Gasteiger partial charge is 0.251 e. The summed E-state index contributed by atoms with van der Waals surface area (Å²) >= 11 is 1.69. The van der Waals surface area contributed by atoms with Gasteiger partial charge in [0.2, 0.25) is 0 Å². The highest BCUT2D eigenvalue weighted by Crippen LogP contribution is 2.22. The number of nitrogens with one attached hydrogen (secondary N) is 1. The van der Waals surface area contributed by atoms with Crippen LogP contribution in [0.2, 0.25) is 0 Å². The van der Waals surface area contributed by atoms with Crippen molar-refractivity contribution in [3.05, 3.63) is 108 Å². The van der Waals surface area contributed by atoms with Gasteiger partial charge in [0.1, 0.15) is 5.82 Å². The van der Waals surface area contributed by atoms with Gasteiger partial charge >= 0.3 is 0 Å². The van der Waals surface area contributed by atoms with Crippen LogP contribution >= 0.6 is 11.8 Å². The Balaban J connectivity index is 1.32. The van der Waals surface area contributed by atoms with Crippen molar-refractivity contribution in [1.29, 1.82) is 0 Å². The second-order valence-electron chi connectivity index (χ2n) is 6.61. The van der Waals surface area contributed by atoms with E-state index in [0.29, 0.717) is 16.8 Å². The van der Waals surface area contributed by atoms with Crippen molar-refractivity contribution < 1.29 is 9.18 Å². The number of hydrogen-bond acceptors (Lipinski definition) is 4. The first-order valence-electron chi connectivity index (χ1n) is 9.36. The number of carbonyl (C=O) groups is 1. The van der Waals surface area contributed by atoms with E-state index in [0.717, 1.165) is 16.2 Å². The quantitative estimate of drug-likeness (QED) is 0.445. The fraction of sp³-hybridized carbons (Fsp3) is 0.0870. The first kappa shape index (κ1) is 19.8. The lowest BCUT2D eigenvalue weighted by atomic mass is 10.1. The van der Waals surface area contributed by atoms with Crippen LogP contribution in [0.3, 0.4) is 0 Å². The van der Waals surface area contributed by atoms with E-state index in [-0.39, 0.29) is 18.3 Å². The summed E-state index contributed by atoms with van der Waals surface area (Å²) < 4.78 is 15.9. The number of carbonyl (C=O) groups excluding carboxylic acids is 1. The maximum atomic E-state index is 14.3. The van der Waals surface area contributed by atoms with Gasteiger partial charge in [-0.1, -0.05) is 12.1 Å². The summed E-state index contributed by atoms with van der Waals surface area (Å²) in [5, 5.41) is 2.83. The number of benzene rings is 2. The lowest BCUT2D eigenvalue weighted by Crippen LogP contribution is -2.22. The molecule has 0 radical (unpaired) electrons. The normalized spacial score (nSPS) is 10.7. The van der Waals surface area contributed by atoms with Crippen molar-refractivity contribution in [2.45, 2.75) is 17.2 Å². The van der Waals surface area contributed by atoms with Gasteiger partial charge in [0, 0.05) is 47.5 Å². The number of thioether (sulfide) groups is 1. The molecule has 0 atom stereocenters. The van der Waals surface area contributed by atoms with E-state index in [4.69, 9.17) is 0 Å². The van der Waals surface area contributed by atoms with Crippen LogP contribution in [0, 0.1) is 5.82 Å². The Morgan fingerprint density at radius 1 is 1.03 bits per heavy atom. The first-order valence-corrected chi connectivity index (χ1v) is 10.3. The van der Waals surface area contributed by atoms with Crippen molar-refractivity contribution in [1.82, 2.24) is 19.9 Å². The monoisotopic (exact) mass is 418 g/mol. The minimum absolute atomic E-state index is 0.196. The van der Waals surface area contributed by atoms with E-state index in [9.17, 15) is 9.18 Å². The van der Waals surface area contributed by atoms with Gasteiger partial charge in [0.25, 0.3) is 5.91 Å². The van der Waals surface area contributed by atoms with Crippen LogP contribution in [-0.2, 0) is 12.3 Å². The summed E-state index contributed by atoms with van der Waals surface area (Å²) in [5.74, 6) is 0.257. The zero-order chi connectivity index (χ0) is 20.8. The van der Waals surface area contributed by atoms with Gasteiger partial charge < -0.3 is 9.88 Å². The Bertz CT molecular complexity index is 1120. The van der Waals surface area contributed by atoms with E-state index in [1.165, 1.54) is 6.07 Å². The summed E-state index contributed by atoms with van der Waals surface area (Å²) in [5.41, 5.74) is 2.82. The zero-order valence-electron chi connectivity index (χ0n) is 16.0. The third-order valence-electron chi connectivity index (χ3n) is 4.49. The average molecular weight is 418 g/mol. The molecule has 2 aromatic heterocycles. The molecule has 4 rings (SSSR count). The van der Waals surface area contributed by atoms with Crippen LogP contribution in [0.1, 0.15) is 21.5 Å². The van der Waals surface area contributed by atoms with Gasteiger partial charge in [0.15, 0.2) is 0 Å². The van der Waals surface area contributed by atoms with E-state index >= 15 is 0 Å². The first-order chi connectivity index (χ1) is 14.7. The molecular weight excluding hydrogens is 399 g/mol. The number of nitrogens with zero attached hydrogens (tertiary/aromatic N) is 3. The molecule has 0 aliphatic carbocycles. The van der Waals surface area contributed by atoms with Crippen molar-refractivity contribution in [3.8, 4) is 5.69 Å². The van der Waals surface area contributed by atoms with Gasteiger partial charge in [0.05, 0.1) is 12.0 Å². The molecular formula is C23H19FN4OS. The minimum Gasteiger partial charge on any atom is -0.348 e. The summed E-state index contributed by atoms with van der Waals surface area (Å²) in [6.07, 6.45) is 8.41.